The molecule has 4 rings (SSSR count). The van der Waals surface area contributed by atoms with Crippen LogP contribution in [0.1, 0.15) is 79.1 Å². The molecule has 136 valence electrons. The maximum atomic E-state index is 11.9. The van der Waals surface area contributed by atoms with Crippen molar-refractivity contribution in [3.63, 3.8) is 0 Å². The highest BCUT2D eigenvalue weighted by Crippen LogP contribution is 2.66. The van der Waals surface area contributed by atoms with E-state index in [1.165, 1.54) is 37.7 Å². The van der Waals surface area contributed by atoms with Gasteiger partial charge in [0, 0.05) is 13.0 Å². The maximum absolute atomic E-state index is 11.9. The number of allylic oxidation sites excluding steroid dienone is 1. The number of carbonyl (C=O) groups is 1. The van der Waals surface area contributed by atoms with Crippen molar-refractivity contribution in [2.24, 2.45) is 34.5 Å². The van der Waals surface area contributed by atoms with Crippen molar-refractivity contribution in [2.45, 2.75) is 79.1 Å². The minimum atomic E-state index is 0. The van der Waals surface area contributed by atoms with Crippen LogP contribution >= 0.6 is 0 Å². The molecule has 4 aliphatic rings. The largest absolute Gasteiger partial charge is 0.396 e. The summed E-state index contributed by atoms with van der Waals surface area (Å²) < 4.78 is 0. The van der Waals surface area contributed by atoms with Crippen LogP contribution in [-0.4, -0.2) is 17.5 Å². The van der Waals surface area contributed by atoms with Gasteiger partial charge in [0.1, 0.15) is 0 Å². The second-order valence-corrected chi connectivity index (χ2v) is 9.30. The number of hydrogen-bond donors (Lipinski definition) is 1. The molecule has 1 N–H and O–H groups in total. The van der Waals surface area contributed by atoms with Gasteiger partial charge in [0.15, 0.2) is 5.78 Å². The van der Waals surface area contributed by atoms with Gasteiger partial charge in [0.2, 0.25) is 0 Å². The summed E-state index contributed by atoms with van der Waals surface area (Å²) in [5, 5.41) is 9.44. The van der Waals surface area contributed by atoms with E-state index < -0.39 is 0 Å². The van der Waals surface area contributed by atoms with Gasteiger partial charge in [-0.2, -0.15) is 0 Å². The van der Waals surface area contributed by atoms with E-state index in [-0.39, 0.29) is 7.43 Å². The van der Waals surface area contributed by atoms with Gasteiger partial charge in [0.05, 0.1) is 0 Å². The van der Waals surface area contributed by atoms with Gasteiger partial charge in [-0.15, -0.1) is 0 Å². The first-order chi connectivity index (χ1) is 11.0. The molecule has 24 heavy (non-hydrogen) atoms. The van der Waals surface area contributed by atoms with E-state index in [4.69, 9.17) is 0 Å². The van der Waals surface area contributed by atoms with Crippen molar-refractivity contribution in [3.05, 3.63) is 11.6 Å². The Bertz CT molecular complexity index is 536. The summed E-state index contributed by atoms with van der Waals surface area (Å²) in [6.45, 7) is 5.35. The van der Waals surface area contributed by atoms with Gasteiger partial charge < -0.3 is 5.11 Å². The molecular formula is C22H36O2. The highest BCUT2D eigenvalue weighted by Gasteiger charge is 2.58. The molecule has 0 aromatic rings. The lowest BCUT2D eigenvalue weighted by atomic mass is 9.47. The molecule has 2 heteroatoms. The van der Waals surface area contributed by atoms with Crippen molar-refractivity contribution >= 4 is 5.78 Å². The zero-order chi connectivity index (χ0) is 16.2. The van der Waals surface area contributed by atoms with Gasteiger partial charge in [-0.05, 0) is 91.9 Å². The molecule has 0 amide bonds. The standard InChI is InChI=1S/C21H32O2.CH4/c1-20-11-8-19-17(18(20)6-4-14(20)9-12-22)5-3-15-13-16(23)7-10-21(15,19)2;/h13-14,17-19,22H,3-12H2,1-2H3;1H4. The summed E-state index contributed by atoms with van der Waals surface area (Å²) >= 11 is 0. The summed E-state index contributed by atoms with van der Waals surface area (Å²) in [6, 6.07) is 0. The molecule has 0 aromatic carbocycles. The van der Waals surface area contributed by atoms with Gasteiger partial charge >= 0.3 is 0 Å². The molecule has 4 aliphatic carbocycles. The fraction of sp³-hybridized carbons (Fsp3) is 0.864. The molecule has 0 spiro atoms. The Hall–Kier alpha value is -0.630. The minimum Gasteiger partial charge on any atom is -0.396 e. The Balaban J connectivity index is 0.00000169. The Kier molecular flexibility index (Phi) is 4.75. The third-order valence-corrected chi connectivity index (χ3v) is 8.64. The van der Waals surface area contributed by atoms with Crippen LogP contribution in [0, 0.1) is 34.5 Å². The SMILES string of the molecule is C.CC12CCC(=O)C=C1CCC1C2CCC2(C)C(CCO)CCC12. The summed E-state index contributed by atoms with van der Waals surface area (Å²) in [5.41, 5.74) is 2.24. The summed E-state index contributed by atoms with van der Waals surface area (Å²) in [7, 11) is 0. The van der Waals surface area contributed by atoms with Gasteiger partial charge in [-0.25, -0.2) is 0 Å². The molecule has 6 atom stereocenters. The van der Waals surface area contributed by atoms with Crippen LogP contribution in [0.15, 0.2) is 11.6 Å². The molecule has 0 saturated heterocycles. The van der Waals surface area contributed by atoms with E-state index in [9.17, 15) is 9.90 Å². The molecular weight excluding hydrogens is 296 g/mol. The molecule has 0 aliphatic heterocycles. The van der Waals surface area contributed by atoms with E-state index in [0.717, 1.165) is 49.4 Å². The predicted molar refractivity (Wildman–Crippen MR) is 98.6 cm³/mol. The zero-order valence-electron chi connectivity index (χ0n) is 14.8. The number of ketones is 1. The van der Waals surface area contributed by atoms with E-state index in [0.29, 0.717) is 23.2 Å². The third kappa shape index (κ3) is 2.43. The number of rotatable bonds is 2. The third-order valence-electron chi connectivity index (χ3n) is 8.64. The lowest BCUT2D eigenvalue weighted by molar-refractivity contribution is -0.117. The van der Waals surface area contributed by atoms with Crippen molar-refractivity contribution in [1.29, 1.82) is 0 Å². The van der Waals surface area contributed by atoms with E-state index >= 15 is 0 Å². The Morgan fingerprint density at radius 3 is 2.62 bits per heavy atom. The minimum absolute atomic E-state index is 0. The lowest BCUT2D eigenvalue weighted by Gasteiger charge is -2.58. The van der Waals surface area contributed by atoms with Gasteiger partial charge in [-0.3, -0.25) is 4.79 Å². The molecule has 2 nitrogen and oxygen atoms in total. The maximum Gasteiger partial charge on any atom is 0.155 e. The fourth-order valence-corrected chi connectivity index (χ4v) is 7.30. The first-order valence-electron chi connectivity index (χ1n) is 9.84. The second-order valence-electron chi connectivity index (χ2n) is 9.30. The van der Waals surface area contributed by atoms with Crippen molar-refractivity contribution in [2.75, 3.05) is 6.61 Å². The molecule has 6 unspecified atom stereocenters. The van der Waals surface area contributed by atoms with Gasteiger partial charge in [-0.1, -0.05) is 26.8 Å². The number of aliphatic hydroxyl groups excluding tert-OH is 1. The molecule has 0 heterocycles. The van der Waals surface area contributed by atoms with Crippen LogP contribution in [0.2, 0.25) is 0 Å². The molecule has 0 radical (unpaired) electrons. The summed E-state index contributed by atoms with van der Waals surface area (Å²) in [5.74, 6) is 3.60. The van der Waals surface area contributed by atoms with Gasteiger partial charge in [0.25, 0.3) is 0 Å². The topological polar surface area (TPSA) is 37.3 Å². The van der Waals surface area contributed by atoms with Crippen LogP contribution < -0.4 is 0 Å². The Labute approximate surface area is 148 Å². The number of hydrogen-bond acceptors (Lipinski definition) is 2. The van der Waals surface area contributed by atoms with Crippen LogP contribution in [0.25, 0.3) is 0 Å². The fourth-order valence-electron chi connectivity index (χ4n) is 7.30. The number of carbonyl (C=O) groups excluding carboxylic acids is 1. The molecule has 0 bridgehead atoms. The predicted octanol–water partition coefficient (Wildman–Crippen LogP) is 5.15. The Morgan fingerprint density at radius 2 is 1.88 bits per heavy atom. The highest BCUT2D eigenvalue weighted by molar-refractivity contribution is 5.91. The van der Waals surface area contributed by atoms with Crippen LogP contribution in [0.5, 0.6) is 0 Å². The van der Waals surface area contributed by atoms with Crippen LogP contribution in [-0.2, 0) is 4.79 Å². The zero-order valence-corrected chi connectivity index (χ0v) is 14.8. The van der Waals surface area contributed by atoms with Crippen LogP contribution in [0.4, 0.5) is 0 Å². The van der Waals surface area contributed by atoms with Crippen molar-refractivity contribution in [3.8, 4) is 0 Å². The number of fused-ring (bicyclic) bond motifs is 5. The average molecular weight is 333 g/mol. The molecule has 3 fully saturated rings. The normalized spacial score (nSPS) is 47.1. The smallest absolute Gasteiger partial charge is 0.155 e. The first kappa shape index (κ1) is 18.2. The number of aliphatic hydroxyl groups is 1. The average Bonchev–Trinajstić information content (AvgIpc) is 2.85. The van der Waals surface area contributed by atoms with Crippen molar-refractivity contribution in [1.82, 2.24) is 0 Å². The summed E-state index contributed by atoms with van der Waals surface area (Å²) in [6.07, 6.45) is 12.7. The first-order valence-corrected chi connectivity index (χ1v) is 9.84. The Morgan fingerprint density at radius 1 is 1.08 bits per heavy atom. The lowest BCUT2D eigenvalue weighted by Crippen LogP contribution is -2.50. The highest BCUT2D eigenvalue weighted by atomic mass is 16.3. The summed E-state index contributed by atoms with van der Waals surface area (Å²) in [4.78, 5) is 11.9. The van der Waals surface area contributed by atoms with E-state index in [1.54, 1.807) is 0 Å². The van der Waals surface area contributed by atoms with Crippen molar-refractivity contribution < 1.29 is 9.90 Å². The van der Waals surface area contributed by atoms with Crippen LogP contribution in [0.3, 0.4) is 0 Å². The quantitative estimate of drug-likeness (QED) is 0.759. The molecule has 3 saturated carbocycles. The molecule has 0 aromatic heterocycles. The van der Waals surface area contributed by atoms with E-state index in [2.05, 4.69) is 13.8 Å². The monoisotopic (exact) mass is 332 g/mol. The van der Waals surface area contributed by atoms with E-state index in [1.807, 2.05) is 6.08 Å². The second kappa shape index (κ2) is 6.27.